The van der Waals surface area contributed by atoms with Crippen molar-refractivity contribution in [1.29, 1.82) is 0 Å². The number of esters is 4. The quantitative estimate of drug-likeness (QED) is 0.0140. The Kier molecular flexibility index (Phi) is 24.5. The van der Waals surface area contributed by atoms with E-state index in [1.165, 1.54) is 0 Å². The molecule has 0 N–H and O–H groups in total. The number of alkyl halides is 2. The van der Waals surface area contributed by atoms with Crippen LogP contribution in [0.15, 0.2) is 110 Å². The molecule has 3 unspecified atom stereocenters. The van der Waals surface area contributed by atoms with Gasteiger partial charge >= 0.3 is 23.9 Å². The Morgan fingerprint density at radius 2 is 0.808 bits per heavy atom. The molecule has 0 saturated carbocycles. The number of nitrogens with zero attached hydrogens (tertiary/aromatic N) is 10. The van der Waals surface area contributed by atoms with E-state index in [1.54, 1.807) is 18.5 Å². The summed E-state index contributed by atoms with van der Waals surface area (Å²) in [5.41, 5.74) is 2.26. The normalized spacial score (nSPS) is 12.9. The van der Waals surface area contributed by atoms with Gasteiger partial charge in [0, 0.05) is 26.1 Å². The van der Waals surface area contributed by atoms with Crippen LogP contribution in [0.5, 0.6) is 0 Å². The molecular formula is C56H71Br3N10O9. The number of halogens is 3. The molecule has 3 heterocycles. The van der Waals surface area contributed by atoms with Crippen LogP contribution in [0.3, 0.4) is 0 Å². The molecule has 78 heavy (non-hydrogen) atoms. The Morgan fingerprint density at radius 1 is 0.500 bits per heavy atom. The molecular weight excluding hydrogens is 1200 g/mol. The van der Waals surface area contributed by atoms with Crippen molar-refractivity contribution in [2.24, 2.45) is 16.2 Å². The highest BCUT2D eigenvalue weighted by molar-refractivity contribution is 9.19. The van der Waals surface area contributed by atoms with Gasteiger partial charge in [-0.15, -0.1) is 15.3 Å². The minimum atomic E-state index is -0.935. The molecule has 0 aliphatic rings. The SMILES string of the molecule is CCOC(=O)C(C)(C)CC(c1ccccc1)n1cc(CN(Cc2cn(C(CC(C)(C)C(=O)OCC)c3ccccc3)nn2)Cc2cn(C(CC(C)(C)C(=O)OCCCOC(=O)CBr)c3ccccc3)nn2)nn1.O=C(Br)CBr. The Bertz CT molecular complexity index is 2710. The number of benzene rings is 3. The molecule has 6 aromatic rings. The summed E-state index contributed by atoms with van der Waals surface area (Å²) in [6, 6.07) is 28.6. The van der Waals surface area contributed by atoms with Gasteiger partial charge in [-0.1, -0.05) is 138 Å². The van der Waals surface area contributed by atoms with Gasteiger partial charge in [-0.25, -0.2) is 14.0 Å². The smallest absolute Gasteiger partial charge is 0.316 e. The Balaban J connectivity index is 0.00000214. The van der Waals surface area contributed by atoms with Crippen LogP contribution in [0, 0.1) is 16.2 Å². The number of ether oxygens (including phenoxy) is 4. The largest absolute Gasteiger partial charge is 0.466 e. The second-order valence-electron chi connectivity index (χ2n) is 20.5. The van der Waals surface area contributed by atoms with E-state index in [0.717, 1.165) is 16.7 Å². The van der Waals surface area contributed by atoms with Crippen LogP contribution in [-0.4, -0.2) is 116 Å². The lowest BCUT2D eigenvalue weighted by Crippen LogP contribution is -2.31. The maximum Gasteiger partial charge on any atom is 0.316 e. The zero-order valence-corrected chi connectivity index (χ0v) is 50.4. The zero-order valence-electron chi connectivity index (χ0n) is 45.6. The average Bonchev–Trinajstić information content (AvgIpc) is 4.22. The van der Waals surface area contributed by atoms with Crippen LogP contribution < -0.4 is 0 Å². The van der Waals surface area contributed by atoms with Gasteiger partial charge in [0.25, 0.3) is 0 Å². The highest BCUT2D eigenvalue weighted by Gasteiger charge is 2.37. The lowest BCUT2D eigenvalue weighted by atomic mass is 9.83. The fraction of sp³-hybridized carbons (Fsp3) is 0.482. The molecule has 0 saturated heterocycles. The second-order valence-corrected chi connectivity index (χ2v) is 22.5. The van der Waals surface area contributed by atoms with Gasteiger partial charge < -0.3 is 18.9 Å². The first kappa shape index (κ1) is 62.9. The van der Waals surface area contributed by atoms with E-state index < -0.39 is 16.2 Å². The van der Waals surface area contributed by atoms with E-state index >= 15 is 0 Å². The first-order chi connectivity index (χ1) is 37.2. The summed E-state index contributed by atoms with van der Waals surface area (Å²) < 4.78 is 27.1. The Labute approximate surface area is 481 Å². The Hall–Kier alpha value is -5.97. The summed E-state index contributed by atoms with van der Waals surface area (Å²) in [5, 5.41) is 28.5. The monoisotopic (exact) mass is 1260 g/mol. The van der Waals surface area contributed by atoms with Gasteiger partial charge in [0.05, 0.1) is 102 Å². The summed E-state index contributed by atoms with van der Waals surface area (Å²) in [6.07, 6.45) is 7.25. The minimum absolute atomic E-state index is 0.0162. The van der Waals surface area contributed by atoms with Crippen molar-refractivity contribution in [3.63, 3.8) is 0 Å². The predicted octanol–water partition coefficient (Wildman–Crippen LogP) is 9.98. The number of rotatable bonds is 29. The van der Waals surface area contributed by atoms with Crippen molar-refractivity contribution in [3.05, 3.63) is 143 Å². The van der Waals surface area contributed by atoms with Crippen molar-refractivity contribution in [1.82, 2.24) is 49.9 Å². The molecule has 0 bridgehead atoms. The van der Waals surface area contributed by atoms with E-state index in [1.807, 2.05) is 160 Å². The number of aromatic nitrogens is 9. The van der Waals surface area contributed by atoms with Crippen LogP contribution in [0.25, 0.3) is 0 Å². The maximum absolute atomic E-state index is 13.6. The van der Waals surface area contributed by atoms with E-state index in [4.69, 9.17) is 18.9 Å². The highest BCUT2D eigenvalue weighted by atomic mass is 79.9. The van der Waals surface area contributed by atoms with Crippen molar-refractivity contribution >= 4 is 76.4 Å². The summed E-state index contributed by atoms with van der Waals surface area (Å²) in [7, 11) is 0. The third-order valence-corrected chi connectivity index (χ3v) is 14.7. The molecule has 19 nitrogen and oxygen atoms in total. The third kappa shape index (κ3) is 19.1. The first-order valence-electron chi connectivity index (χ1n) is 25.8. The molecule has 420 valence electrons. The summed E-state index contributed by atoms with van der Waals surface area (Å²) in [6.45, 7) is 16.6. The third-order valence-electron chi connectivity index (χ3n) is 12.7. The zero-order chi connectivity index (χ0) is 56.9. The lowest BCUT2D eigenvalue weighted by molar-refractivity contribution is -0.156. The standard InChI is InChI=1S/C54H69BrN10O8.C2H2Br2O/c1-9-70-49(67)52(3,4)29-45(39-21-14-11-15-22-39)63-36-42(56-59-63)33-62(34-43-37-64(60-57-43)46(40-23-16-12-17-24-40)30-53(5,6)50(68)71-10-2)35-44-38-65(61-58-44)47(41-25-18-13-19-26-41)31-54(7,8)51(69)73-28-20-27-72-48(66)32-55;3-1-2(4)5/h11-19,21-26,36-38,45-47H,9-10,20,27-35H2,1-8H3;1H2. The van der Waals surface area contributed by atoms with Crippen LogP contribution >= 0.6 is 47.8 Å². The summed E-state index contributed by atoms with van der Waals surface area (Å²) in [5.74, 6) is -1.34. The van der Waals surface area contributed by atoms with E-state index in [2.05, 4.69) is 83.6 Å². The van der Waals surface area contributed by atoms with Crippen molar-refractivity contribution < 1.29 is 42.9 Å². The van der Waals surface area contributed by atoms with Crippen molar-refractivity contribution in [3.8, 4) is 0 Å². The fourth-order valence-electron chi connectivity index (χ4n) is 8.58. The van der Waals surface area contributed by atoms with Gasteiger partial charge in [0.1, 0.15) is 5.33 Å². The number of hydrogen-bond acceptors (Lipinski definition) is 16. The average molecular weight is 1270 g/mol. The number of carbonyl (C=O) groups excluding carboxylic acids is 5. The molecule has 3 aromatic heterocycles. The van der Waals surface area contributed by atoms with Crippen LogP contribution in [0.1, 0.15) is 133 Å². The molecule has 6 rings (SSSR count). The van der Waals surface area contributed by atoms with E-state index in [0.29, 0.717) is 67.7 Å². The van der Waals surface area contributed by atoms with Crippen LogP contribution in [0.2, 0.25) is 0 Å². The van der Waals surface area contributed by atoms with Gasteiger partial charge in [0.2, 0.25) is 4.69 Å². The van der Waals surface area contributed by atoms with Crippen LogP contribution in [-0.2, 0) is 62.6 Å². The fourth-order valence-corrected chi connectivity index (χ4v) is 8.75. The molecule has 0 aliphatic heterocycles. The molecule has 3 atom stereocenters. The maximum atomic E-state index is 13.6. The minimum Gasteiger partial charge on any atom is -0.466 e. The molecule has 0 aliphatic carbocycles. The van der Waals surface area contributed by atoms with Gasteiger partial charge in [-0.2, -0.15) is 0 Å². The van der Waals surface area contributed by atoms with E-state index in [-0.39, 0.29) is 78.5 Å². The van der Waals surface area contributed by atoms with Gasteiger partial charge in [-0.3, -0.25) is 28.9 Å². The van der Waals surface area contributed by atoms with Gasteiger partial charge in [-0.05, 0) is 107 Å². The van der Waals surface area contributed by atoms with Gasteiger partial charge in [0.15, 0.2) is 0 Å². The highest BCUT2D eigenvalue weighted by Crippen LogP contribution is 2.37. The predicted molar refractivity (Wildman–Crippen MR) is 303 cm³/mol. The van der Waals surface area contributed by atoms with E-state index in [9.17, 15) is 24.0 Å². The number of hydrogen-bond donors (Lipinski definition) is 0. The molecule has 22 heteroatoms. The molecule has 0 spiro atoms. The lowest BCUT2D eigenvalue weighted by Gasteiger charge is -2.28. The second kappa shape index (κ2) is 30.4. The Morgan fingerprint density at radius 3 is 1.10 bits per heavy atom. The first-order valence-corrected chi connectivity index (χ1v) is 28.8. The molecule has 3 aromatic carbocycles. The number of carbonyl (C=O) groups is 5. The molecule has 0 radical (unpaired) electrons. The summed E-state index contributed by atoms with van der Waals surface area (Å²) >= 11 is 8.68. The van der Waals surface area contributed by atoms with Crippen molar-refractivity contribution in [2.75, 3.05) is 37.1 Å². The topological polar surface area (TPSA) is 218 Å². The van der Waals surface area contributed by atoms with Crippen molar-refractivity contribution in [2.45, 2.75) is 119 Å². The molecule has 0 amide bonds. The molecule has 0 fully saturated rings. The van der Waals surface area contributed by atoms with Crippen LogP contribution in [0.4, 0.5) is 0 Å². The summed E-state index contributed by atoms with van der Waals surface area (Å²) in [4.78, 5) is 63.2.